The summed E-state index contributed by atoms with van der Waals surface area (Å²) in [5.74, 6) is 1.37. The maximum atomic E-state index is 11.5. The average molecular weight is 245 g/mol. The molecule has 4 nitrogen and oxygen atoms in total. The van der Waals surface area contributed by atoms with E-state index in [4.69, 9.17) is 9.47 Å². The molecule has 0 aliphatic carbocycles. The van der Waals surface area contributed by atoms with Crippen LogP contribution >= 0.6 is 0 Å². The quantitative estimate of drug-likeness (QED) is 0.607. The van der Waals surface area contributed by atoms with Crippen LogP contribution in [0.1, 0.15) is 26.3 Å². The Labute approximate surface area is 106 Å². The van der Waals surface area contributed by atoms with E-state index in [1.165, 1.54) is 6.92 Å². The molecule has 2 rings (SSSR count). The van der Waals surface area contributed by atoms with E-state index in [0.717, 1.165) is 17.0 Å². The monoisotopic (exact) mass is 245 g/mol. The lowest BCUT2D eigenvalue weighted by molar-refractivity contribution is -0.113. The van der Waals surface area contributed by atoms with Crippen LogP contribution in [0.15, 0.2) is 28.9 Å². The highest BCUT2D eigenvalue weighted by Crippen LogP contribution is 2.33. The minimum atomic E-state index is -0.0612. The number of fused-ring (bicyclic) bond motifs is 1. The van der Waals surface area contributed by atoms with Crippen molar-refractivity contribution in [1.82, 2.24) is 0 Å². The van der Waals surface area contributed by atoms with Gasteiger partial charge in [-0.05, 0) is 37.6 Å². The summed E-state index contributed by atoms with van der Waals surface area (Å²) in [6, 6.07) is 5.54. The van der Waals surface area contributed by atoms with Crippen molar-refractivity contribution < 1.29 is 14.3 Å². The van der Waals surface area contributed by atoms with Gasteiger partial charge >= 0.3 is 0 Å². The van der Waals surface area contributed by atoms with Crippen LogP contribution in [0.2, 0.25) is 0 Å². The summed E-state index contributed by atoms with van der Waals surface area (Å²) in [5.41, 5.74) is 2.15. The van der Waals surface area contributed by atoms with Crippen LogP contribution < -0.4 is 9.47 Å². The molecule has 0 aromatic heterocycles. The predicted molar refractivity (Wildman–Crippen MR) is 70.0 cm³/mol. The van der Waals surface area contributed by atoms with Gasteiger partial charge in [-0.3, -0.25) is 9.79 Å². The molecule has 0 fully saturated rings. The van der Waals surface area contributed by atoms with Crippen molar-refractivity contribution in [1.29, 1.82) is 0 Å². The number of benzene rings is 1. The molecular weight excluding hydrogens is 230 g/mol. The number of ketones is 1. The molecule has 0 N–H and O–H groups in total. The van der Waals surface area contributed by atoms with Crippen molar-refractivity contribution in [3.8, 4) is 11.5 Å². The molecule has 0 amide bonds. The van der Waals surface area contributed by atoms with Crippen LogP contribution in [0, 0.1) is 0 Å². The number of Topliss-reactive ketones (excluding diaryl/α,β-unsaturated/α-hetero) is 1. The minimum Gasteiger partial charge on any atom is -0.454 e. The Bertz CT molecular complexity index is 540. The van der Waals surface area contributed by atoms with E-state index in [1.54, 1.807) is 6.08 Å². The summed E-state index contributed by atoms with van der Waals surface area (Å²) in [5, 5.41) is 0. The van der Waals surface area contributed by atoms with Crippen molar-refractivity contribution >= 4 is 17.6 Å². The topological polar surface area (TPSA) is 47.9 Å². The van der Waals surface area contributed by atoms with Gasteiger partial charge in [-0.15, -0.1) is 0 Å². The lowest BCUT2D eigenvalue weighted by Gasteiger charge is -2.01. The Morgan fingerprint density at radius 3 is 2.61 bits per heavy atom. The van der Waals surface area contributed by atoms with Gasteiger partial charge in [0.1, 0.15) is 5.70 Å². The van der Waals surface area contributed by atoms with Gasteiger partial charge in [-0.25, -0.2) is 0 Å². The van der Waals surface area contributed by atoms with Crippen LogP contribution in [0.5, 0.6) is 11.5 Å². The highest BCUT2D eigenvalue weighted by Gasteiger charge is 2.13. The second-order valence-corrected chi connectivity index (χ2v) is 4.26. The largest absolute Gasteiger partial charge is 0.454 e. The second kappa shape index (κ2) is 5.04. The number of aliphatic imine (C=N–C) groups is 1. The fraction of sp³-hybridized carbons (Fsp3) is 0.286. The van der Waals surface area contributed by atoms with Gasteiger partial charge in [0.25, 0.3) is 0 Å². The molecule has 1 aromatic carbocycles. The van der Waals surface area contributed by atoms with Gasteiger partial charge in [0.05, 0.1) is 0 Å². The van der Waals surface area contributed by atoms with Crippen LogP contribution in [-0.4, -0.2) is 18.3 Å². The van der Waals surface area contributed by atoms with Crippen LogP contribution in [0.3, 0.4) is 0 Å². The Hall–Kier alpha value is -2.10. The van der Waals surface area contributed by atoms with E-state index >= 15 is 0 Å². The van der Waals surface area contributed by atoms with Gasteiger partial charge < -0.3 is 9.47 Å². The first kappa shape index (κ1) is 12.4. The number of carbonyl (C=O) groups excluding carboxylic acids is 1. The van der Waals surface area contributed by atoms with E-state index in [-0.39, 0.29) is 12.6 Å². The van der Waals surface area contributed by atoms with Crippen molar-refractivity contribution in [3.63, 3.8) is 0 Å². The smallest absolute Gasteiger partial charge is 0.231 e. The summed E-state index contributed by atoms with van der Waals surface area (Å²) in [4.78, 5) is 15.7. The standard InChI is InChI=1S/C14H15NO3/c1-9(2)15-12(10(3)16)6-11-4-5-13-14(7-11)18-8-17-13/h4-7H,8H2,1-3H3/b12-6-. The third-order valence-electron chi connectivity index (χ3n) is 2.40. The molecule has 1 aliphatic rings. The first-order valence-corrected chi connectivity index (χ1v) is 5.70. The molecule has 0 radical (unpaired) electrons. The van der Waals surface area contributed by atoms with Crippen LogP contribution in [-0.2, 0) is 4.79 Å². The zero-order valence-corrected chi connectivity index (χ0v) is 10.7. The third kappa shape index (κ3) is 2.77. The Morgan fingerprint density at radius 2 is 1.94 bits per heavy atom. The molecule has 0 atom stereocenters. The number of carbonyl (C=O) groups is 1. The molecule has 0 saturated heterocycles. The van der Waals surface area contributed by atoms with Crippen molar-refractivity contribution in [2.45, 2.75) is 20.8 Å². The lowest BCUT2D eigenvalue weighted by Crippen LogP contribution is -1.96. The van der Waals surface area contributed by atoms with Gasteiger partial charge in [0.2, 0.25) is 6.79 Å². The van der Waals surface area contributed by atoms with Crippen LogP contribution in [0.25, 0.3) is 6.08 Å². The zero-order chi connectivity index (χ0) is 13.1. The molecule has 0 saturated carbocycles. The van der Waals surface area contributed by atoms with Crippen molar-refractivity contribution in [2.24, 2.45) is 4.99 Å². The number of hydrogen-bond acceptors (Lipinski definition) is 4. The van der Waals surface area contributed by atoms with E-state index < -0.39 is 0 Å². The van der Waals surface area contributed by atoms with E-state index in [0.29, 0.717) is 11.4 Å². The highest BCUT2D eigenvalue weighted by atomic mass is 16.7. The second-order valence-electron chi connectivity index (χ2n) is 4.26. The SMILES string of the molecule is CC(=O)/C(=C/c1ccc2c(c1)OCO2)N=C(C)C. The fourth-order valence-electron chi connectivity index (χ4n) is 1.61. The van der Waals surface area contributed by atoms with E-state index in [1.807, 2.05) is 32.0 Å². The highest BCUT2D eigenvalue weighted by molar-refractivity contribution is 6.00. The molecule has 1 aromatic rings. The Morgan fingerprint density at radius 1 is 1.22 bits per heavy atom. The zero-order valence-electron chi connectivity index (χ0n) is 10.7. The normalized spacial score (nSPS) is 13.4. The molecule has 94 valence electrons. The lowest BCUT2D eigenvalue weighted by atomic mass is 10.1. The van der Waals surface area contributed by atoms with E-state index in [2.05, 4.69) is 4.99 Å². The van der Waals surface area contributed by atoms with Crippen molar-refractivity contribution in [2.75, 3.05) is 6.79 Å². The average Bonchev–Trinajstić information content (AvgIpc) is 2.74. The first-order valence-electron chi connectivity index (χ1n) is 5.70. The molecule has 1 aliphatic heterocycles. The van der Waals surface area contributed by atoms with Gasteiger partial charge in [0.15, 0.2) is 17.3 Å². The summed E-state index contributed by atoms with van der Waals surface area (Å²) in [6.45, 7) is 5.46. The first-order chi connectivity index (χ1) is 8.56. The summed E-state index contributed by atoms with van der Waals surface area (Å²) in [7, 11) is 0. The number of hydrogen-bond donors (Lipinski definition) is 0. The summed E-state index contributed by atoms with van der Waals surface area (Å²) < 4.78 is 10.5. The summed E-state index contributed by atoms with van der Waals surface area (Å²) >= 11 is 0. The van der Waals surface area contributed by atoms with Gasteiger partial charge in [-0.2, -0.15) is 0 Å². The molecule has 0 bridgehead atoms. The Kier molecular flexibility index (Phi) is 3.46. The molecule has 4 heteroatoms. The Balaban J connectivity index is 2.36. The number of nitrogens with zero attached hydrogens (tertiary/aromatic N) is 1. The number of allylic oxidation sites excluding steroid dienone is 1. The molecule has 1 heterocycles. The summed E-state index contributed by atoms with van der Waals surface area (Å²) in [6.07, 6.45) is 1.75. The molecular formula is C14H15NO3. The number of rotatable bonds is 3. The van der Waals surface area contributed by atoms with Crippen molar-refractivity contribution in [3.05, 3.63) is 29.5 Å². The van der Waals surface area contributed by atoms with Gasteiger partial charge in [0, 0.05) is 12.6 Å². The predicted octanol–water partition coefficient (Wildman–Crippen LogP) is 2.83. The maximum absolute atomic E-state index is 11.5. The molecule has 18 heavy (non-hydrogen) atoms. The molecule has 0 spiro atoms. The minimum absolute atomic E-state index is 0.0612. The number of ether oxygens (including phenoxy) is 2. The van der Waals surface area contributed by atoms with Crippen LogP contribution in [0.4, 0.5) is 0 Å². The molecule has 0 unspecified atom stereocenters. The fourth-order valence-corrected chi connectivity index (χ4v) is 1.61. The van der Waals surface area contributed by atoms with E-state index in [9.17, 15) is 4.79 Å². The maximum Gasteiger partial charge on any atom is 0.231 e. The third-order valence-corrected chi connectivity index (χ3v) is 2.40. The van der Waals surface area contributed by atoms with Gasteiger partial charge in [-0.1, -0.05) is 6.07 Å².